The predicted molar refractivity (Wildman–Crippen MR) is 111 cm³/mol. The maximum absolute atomic E-state index is 10.3. The Kier molecular flexibility index (Phi) is 22.9. The van der Waals surface area contributed by atoms with Crippen LogP contribution in [0.3, 0.4) is 0 Å². The fourth-order valence-electron chi connectivity index (χ4n) is 2.26. The second-order valence-corrected chi connectivity index (χ2v) is 6.64. The van der Waals surface area contributed by atoms with Crippen LogP contribution in [0.5, 0.6) is 0 Å². The summed E-state index contributed by atoms with van der Waals surface area (Å²) in [6, 6.07) is 0. The highest BCUT2D eigenvalue weighted by Crippen LogP contribution is 2.08. The van der Waals surface area contributed by atoms with Crippen LogP contribution in [0.25, 0.3) is 0 Å². The van der Waals surface area contributed by atoms with Crippen molar-refractivity contribution in [3.8, 4) is 0 Å². The fraction of sp³-hybridized carbons (Fsp3) is 0.727. The molecule has 0 heterocycles. The number of hydrogen-bond acceptors (Lipinski definition) is 3. The minimum Gasteiger partial charge on any atom is -0.481 e. The molecule has 0 radical (unpaired) electrons. The predicted octanol–water partition coefficient (Wildman–Crippen LogP) is 5.73. The molecule has 5 heteroatoms. The van der Waals surface area contributed by atoms with Gasteiger partial charge in [0.2, 0.25) is 0 Å². The maximum Gasteiger partial charge on any atom is 0.332 e. The Labute approximate surface area is 165 Å². The van der Waals surface area contributed by atoms with Gasteiger partial charge in [-0.05, 0) is 44.9 Å². The summed E-state index contributed by atoms with van der Waals surface area (Å²) in [7, 11) is 0. The lowest BCUT2D eigenvalue weighted by molar-refractivity contribution is -0.146. The van der Waals surface area contributed by atoms with Crippen LogP contribution in [0, 0.1) is 0 Å². The third kappa shape index (κ3) is 26.7. The van der Waals surface area contributed by atoms with Gasteiger partial charge in [-0.15, -0.1) is 0 Å². The molecular weight excluding hydrogens is 344 g/mol. The van der Waals surface area contributed by atoms with Crippen LogP contribution >= 0.6 is 0 Å². The lowest BCUT2D eigenvalue weighted by Gasteiger charge is -1.98. The van der Waals surface area contributed by atoms with Gasteiger partial charge in [-0.3, -0.25) is 4.79 Å². The van der Waals surface area contributed by atoms with Crippen molar-refractivity contribution in [1.82, 2.24) is 0 Å². The monoisotopic (exact) mass is 384 g/mol. The van der Waals surface area contributed by atoms with E-state index in [4.69, 9.17) is 15.3 Å². The summed E-state index contributed by atoms with van der Waals surface area (Å²) in [5.74, 6) is -1.82. The van der Waals surface area contributed by atoms with Crippen molar-refractivity contribution in [2.24, 2.45) is 0 Å². The number of aliphatic hydroxyl groups is 1. The van der Waals surface area contributed by atoms with E-state index >= 15 is 0 Å². The van der Waals surface area contributed by atoms with E-state index in [1.54, 1.807) is 6.92 Å². The molecule has 1 atom stereocenters. The molecule has 0 aromatic rings. The number of carbonyl (C=O) groups is 2. The van der Waals surface area contributed by atoms with Gasteiger partial charge in [0.1, 0.15) is 0 Å². The highest BCUT2D eigenvalue weighted by Gasteiger charge is 2.07. The molecule has 27 heavy (non-hydrogen) atoms. The van der Waals surface area contributed by atoms with Gasteiger partial charge in [0.25, 0.3) is 0 Å². The number of aliphatic carboxylic acids is 2. The molecule has 0 aromatic heterocycles. The van der Waals surface area contributed by atoms with E-state index in [1.807, 2.05) is 0 Å². The molecule has 0 bridgehead atoms. The van der Waals surface area contributed by atoms with Crippen LogP contribution in [-0.4, -0.2) is 33.4 Å². The van der Waals surface area contributed by atoms with Crippen molar-refractivity contribution in [2.45, 2.75) is 103 Å². The molecule has 0 fully saturated rings. The number of carboxylic acid groups (broad SMARTS) is 2. The van der Waals surface area contributed by atoms with Gasteiger partial charge in [-0.25, -0.2) is 4.79 Å². The van der Waals surface area contributed by atoms with Crippen molar-refractivity contribution in [2.75, 3.05) is 0 Å². The van der Waals surface area contributed by atoms with Gasteiger partial charge in [0, 0.05) is 6.42 Å². The first-order chi connectivity index (χ1) is 13.0. The lowest BCUT2D eigenvalue weighted by atomic mass is 10.1. The zero-order valence-corrected chi connectivity index (χ0v) is 17.2. The quantitative estimate of drug-likeness (QED) is 0.233. The average molecular weight is 385 g/mol. The van der Waals surface area contributed by atoms with Crippen LogP contribution in [0.2, 0.25) is 0 Å². The molecular formula is C22H40O5. The molecule has 5 nitrogen and oxygen atoms in total. The number of rotatable bonds is 16. The third-order valence-electron chi connectivity index (χ3n) is 4.01. The van der Waals surface area contributed by atoms with Crippen molar-refractivity contribution < 1.29 is 24.9 Å². The van der Waals surface area contributed by atoms with Crippen molar-refractivity contribution >= 4 is 11.9 Å². The molecule has 0 aliphatic carbocycles. The first-order valence-electron chi connectivity index (χ1n) is 10.4. The molecule has 0 rings (SSSR count). The molecule has 0 aliphatic rings. The maximum atomic E-state index is 10.3. The van der Waals surface area contributed by atoms with Crippen LogP contribution in [0.15, 0.2) is 24.3 Å². The normalized spacial score (nSPS) is 12.1. The molecule has 0 aromatic carbocycles. The number of allylic oxidation sites excluding steroid dienone is 4. The smallest absolute Gasteiger partial charge is 0.332 e. The number of hydrogen-bond donors (Lipinski definition) is 3. The van der Waals surface area contributed by atoms with Crippen LogP contribution in [-0.2, 0) is 9.59 Å². The van der Waals surface area contributed by atoms with Crippen molar-refractivity contribution in [1.29, 1.82) is 0 Å². The van der Waals surface area contributed by atoms with E-state index in [2.05, 4.69) is 31.2 Å². The Bertz CT molecular complexity index is 402. The minimum atomic E-state index is -1.18. The number of carboxylic acids is 2. The van der Waals surface area contributed by atoms with E-state index in [0.29, 0.717) is 6.42 Å². The molecule has 3 N–H and O–H groups in total. The Morgan fingerprint density at radius 2 is 1.30 bits per heavy atom. The molecule has 0 amide bonds. The van der Waals surface area contributed by atoms with Crippen LogP contribution in [0.1, 0.15) is 97.3 Å². The second-order valence-electron chi connectivity index (χ2n) is 6.64. The summed E-state index contributed by atoms with van der Waals surface area (Å²) in [4.78, 5) is 20.0. The van der Waals surface area contributed by atoms with E-state index in [9.17, 15) is 9.59 Å². The van der Waals surface area contributed by atoms with Crippen molar-refractivity contribution in [3.63, 3.8) is 0 Å². The molecule has 0 aliphatic heterocycles. The lowest BCUT2D eigenvalue weighted by Crippen LogP contribution is -2.17. The zero-order valence-electron chi connectivity index (χ0n) is 17.2. The Hall–Kier alpha value is -1.62. The second kappa shape index (κ2) is 22.4. The van der Waals surface area contributed by atoms with Gasteiger partial charge < -0.3 is 15.3 Å². The molecule has 158 valence electrons. The van der Waals surface area contributed by atoms with E-state index in [1.165, 1.54) is 44.9 Å². The average Bonchev–Trinajstić information content (AvgIpc) is 2.64. The van der Waals surface area contributed by atoms with E-state index in [-0.39, 0.29) is 6.42 Å². The van der Waals surface area contributed by atoms with E-state index in [0.717, 1.165) is 25.7 Å². The molecule has 0 spiro atoms. The van der Waals surface area contributed by atoms with Gasteiger partial charge in [0.05, 0.1) is 0 Å². The summed E-state index contributed by atoms with van der Waals surface area (Å²) in [6.45, 7) is 3.84. The third-order valence-corrected chi connectivity index (χ3v) is 4.01. The van der Waals surface area contributed by atoms with Gasteiger partial charge >= 0.3 is 11.9 Å². The van der Waals surface area contributed by atoms with Crippen molar-refractivity contribution in [3.05, 3.63) is 24.3 Å². The SMILES string of the molecule is CCC(O)C(=O)O.CCCCC/C=C\C/C=C\CCCCCCCC(=O)O. The fourth-order valence-corrected chi connectivity index (χ4v) is 2.26. The van der Waals surface area contributed by atoms with Gasteiger partial charge in [-0.2, -0.15) is 0 Å². The molecule has 0 saturated carbocycles. The van der Waals surface area contributed by atoms with Crippen LogP contribution in [0.4, 0.5) is 0 Å². The number of unbranched alkanes of at least 4 members (excludes halogenated alkanes) is 8. The highest BCUT2D eigenvalue weighted by atomic mass is 16.4. The minimum absolute atomic E-state index is 0.273. The number of aliphatic hydroxyl groups excluding tert-OH is 1. The molecule has 1 unspecified atom stereocenters. The van der Waals surface area contributed by atoms with Gasteiger partial charge in [0.15, 0.2) is 6.10 Å². The Morgan fingerprint density at radius 1 is 0.778 bits per heavy atom. The summed E-state index contributed by atoms with van der Waals surface area (Å²) >= 11 is 0. The first-order valence-corrected chi connectivity index (χ1v) is 10.4. The summed E-state index contributed by atoms with van der Waals surface area (Å²) in [5, 5.41) is 24.8. The largest absolute Gasteiger partial charge is 0.481 e. The summed E-state index contributed by atoms with van der Waals surface area (Å²) < 4.78 is 0. The Balaban J connectivity index is 0. The Morgan fingerprint density at radius 3 is 1.74 bits per heavy atom. The summed E-state index contributed by atoms with van der Waals surface area (Å²) in [6.07, 6.45) is 21.4. The van der Waals surface area contributed by atoms with Gasteiger partial charge in [-0.1, -0.05) is 70.3 Å². The molecule has 0 saturated heterocycles. The van der Waals surface area contributed by atoms with E-state index < -0.39 is 18.0 Å². The topological polar surface area (TPSA) is 94.8 Å². The summed E-state index contributed by atoms with van der Waals surface area (Å²) in [5.41, 5.74) is 0. The standard InChI is InChI=1S/C18H32O2.C4H8O3/c1-2-3-4-5-6-7-8-9-10-11-12-13-14-15-16-17-18(19)20;1-2-3(5)4(6)7/h6-7,9-10H,2-5,8,11-17H2,1H3,(H,19,20);3,5H,2H2,1H3,(H,6,7)/b7-6-,10-9-;. The highest BCUT2D eigenvalue weighted by molar-refractivity contribution is 5.71. The first kappa shape index (κ1) is 27.6. The van der Waals surface area contributed by atoms with Crippen LogP contribution < -0.4 is 0 Å². The zero-order chi connectivity index (χ0) is 20.8.